The second kappa shape index (κ2) is 3.98. The average molecular weight is 361 g/mol. The van der Waals surface area contributed by atoms with Crippen LogP contribution in [0.4, 0.5) is 4.39 Å². The number of benzene rings is 1. The maximum atomic E-state index is 12.9. The summed E-state index contributed by atoms with van der Waals surface area (Å²) in [4.78, 5) is 10.5. The van der Waals surface area contributed by atoms with E-state index in [1.165, 1.54) is 6.07 Å². The van der Waals surface area contributed by atoms with Gasteiger partial charge in [-0.05, 0) is 53.9 Å². The predicted octanol–water partition coefficient (Wildman–Crippen LogP) is 3.93. The molecule has 5 heteroatoms. The molecule has 1 nitrogen and oxygen atoms in total. The second-order valence-corrected chi connectivity index (χ2v) is 4.44. The van der Waals surface area contributed by atoms with Crippen LogP contribution in [0.1, 0.15) is 10.4 Å². The van der Waals surface area contributed by atoms with E-state index in [0.29, 0.717) is 20.8 Å². The van der Waals surface area contributed by atoms with Crippen molar-refractivity contribution in [2.45, 2.75) is 0 Å². The minimum Gasteiger partial charge on any atom is -0.298 e. The van der Waals surface area contributed by atoms with E-state index in [0.717, 1.165) is 0 Å². The van der Waals surface area contributed by atoms with Crippen molar-refractivity contribution < 1.29 is 9.18 Å². The Hall–Kier alpha value is 0.260. The van der Waals surface area contributed by atoms with Gasteiger partial charge in [0.05, 0.1) is 4.47 Å². The van der Waals surface area contributed by atoms with Gasteiger partial charge in [0.2, 0.25) is 0 Å². The minimum absolute atomic E-state index is 0.257. The number of halogens is 4. The maximum Gasteiger partial charge on any atom is 0.152 e. The number of hydrogen-bond donors (Lipinski definition) is 0. The van der Waals surface area contributed by atoms with E-state index in [9.17, 15) is 9.18 Å². The summed E-state index contributed by atoms with van der Waals surface area (Å²) in [6.07, 6.45) is 0.651. The third-order valence-electron chi connectivity index (χ3n) is 1.27. The molecule has 0 radical (unpaired) electrons. The lowest BCUT2D eigenvalue weighted by molar-refractivity contribution is 0.112. The fourth-order valence-corrected chi connectivity index (χ4v) is 2.27. The Balaban J connectivity index is 3.51. The molecule has 1 rings (SSSR count). The Kier molecular flexibility index (Phi) is 3.43. The van der Waals surface area contributed by atoms with Crippen molar-refractivity contribution in [1.29, 1.82) is 0 Å². The Morgan fingerprint density at radius 2 is 1.83 bits per heavy atom. The van der Waals surface area contributed by atoms with Crippen LogP contribution in [0, 0.1) is 5.82 Å². The number of carbonyl (C=O) groups is 1. The molecule has 0 unspecified atom stereocenters. The standard InChI is InChI=1S/C7H2Br3FO/c8-4-1-5(11)7(10)6(9)3(4)2-12/h1-2H. The molecule has 0 aliphatic carbocycles. The summed E-state index contributed by atoms with van der Waals surface area (Å²) in [5.41, 5.74) is 0.392. The molecule has 0 amide bonds. The topological polar surface area (TPSA) is 17.1 Å². The number of aldehydes is 1. The number of rotatable bonds is 1. The first kappa shape index (κ1) is 10.3. The zero-order valence-electron chi connectivity index (χ0n) is 5.57. The molecular formula is C7H2Br3FO. The van der Waals surface area contributed by atoms with E-state index < -0.39 is 5.82 Å². The molecule has 0 N–H and O–H groups in total. The van der Waals surface area contributed by atoms with E-state index in [-0.39, 0.29) is 4.47 Å². The molecule has 0 aliphatic heterocycles. The Morgan fingerprint density at radius 3 is 2.33 bits per heavy atom. The molecule has 0 fully saturated rings. The van der Waals surface area contributed by atoms with E-state index >= 15 is 0 Å². The van der Waals surface area contributed by atoms with Gasteiger partial charge < -0.3 is 0 Å². The molecule has 0 spiro atoms. The highest BCUT2D eigenvalue weighted by Crippen LogP contribution is 2.33. The van der Waals surface area contributed by atoms with Gasteiger partial charge in [0, 0.05) is 14.5 Å². The third kappa shape index (κ3) is 1.78. The highest BCUT2D eigenvalue weighted by atomic mass is 79.9. The molecule has 0 saturated heterocycles. The molecule has 0 aliphatic rings. The van der Waals surface area contributed by atoms with Crippen LogP contribution in [-0.4, -0.2) is 6.29 Å². The van der Waals surface area contributed by atoms with Crippen molar-refractivity contribution in [3.8, 4) is 0 Å². The zero-order valence-corrected chi connectivity index (χ0v) is 10.3. The largest absolute Gasteiger partial charge is 0.298 e. The molecular weight excluding hydrogens is 359 g/mol. The van der Waals surface area contributed by atoms with Gasteiger partial charge in [-0.3, -0.25) is 4.79 Å². The lowest BCUT2D eigenvalue weighted by atomic mass is 10.2. The van der Waals surface area contributed by atoms with Crippen LogP contribution >= 0.6 is 47.8 Å². The molecule has 0 heterocycles. The van der Waals surface area contributed by atoms with Crippen LogP contribution in [-0.2, 0) is 0 Å². The average Bonchev–Trinajstić information content (AvgIpc) is 2.01. The van der Waals surface area contributed by atoms with Gasteiger partial charge in [0.15, 0.2) is 6.29 Å². The van der Waals surface area contributed by atoms with Crippen molar-refractivity contribution in [3.63, 3.8) is 0 Å². The summed E-state index contributed by atoms with van der Waals surface area (Å²) in [6.45, 7) is 0. The Bertz CT molecular complexity index is 338. The fraction of sp³-hybridized carbons (Fsp3) is 0. The first-order valence-electron chi connectivity index (χ1n) is 2.86. The smallest absolute Gasteiger partial charge is 0.152 e. The molecule has 1 aromatic carbocycles. The molecule has 64 valence electrons. The number of hydrogen-bond acceptors (Lipinski definition) is 1. The van der Waals surface area contributed by atoms with E-state index in [1.807, 2.05) is 0 Å². The molecule has 0 atom stereocenters. The van der Waals surface area contributed by atoms with Gasteiger partial charge in [-0.15, -0.1) is 0 Å². The normalized spacial score (nSPS) is 10.0. The zero-order chi connectivity index (χ0) is 9.30. The quantitative estimate of drug-likeness (QED) is 0.421. The van der Waals surface area contributed by atoms with Gasteiger partial charge in [-0.1, -0.05) is 0 Å². The van der Waals surface area contributed by atoms with Crippen LogP contribution in [0.5, 0.6) is 0 Å². The molecule has 1 aromatic rings. The van der Waals surface area contributed by atoms with Crippen molar-refractivity contribution in [3.05, 3.63) is 30.9 Å². The van der Waals surface area contributed by atoms with Gasteiger partial charge in [-0.2, -0.15) is 0 Å². The molecule has 0 bridgehead atoms. The van der Waals surface area contributed by atoms with E-state index in [2.05, 4.69) is 47.8 Å². The van der Waals surface area contributed by atoms with Gasteiger partial charge in [0.25, 0.3) is 0 Å². The van der Waals surface area contributed by atoms with Crippen molar-refractivity contribution in [2.75, 3.05) is 0 Å². The third-order valence-corrected chi connectivity index (χ3v) is 4.05. The summed E-state index contributed by atoms with van der Waals surface area (Å²) >= 11 is 9.17. The van der Waals surface area contributed by atoms with Gasteiger partial charge >= 0.3 is 0 Å². The van der Waals surface area contributed by atoms with E-state index in [4.69, 9.17) is 0 Å². The maximum absolute atomic E-state index is 12.9. The fourth-order valence-electron chi connectivity index (χ4n) is 0.688. The highest BCUT2D eigenvalue weighted by Gasteiger charge is 2.12. The Morgan fingerprint density at radius 1 is 1.25 bits per heavy atom. The SMILES string of the molecule is O=Cc1c(Br)cc(F)c(Br)c1Br. The van der Waals surface area contributed by atoms with Crippen LogP contribution in [0.3, 0.4) is 0 Å². The summed E-state index contributed by atoms with van der Waals surface area (Å²) < 4.78 is 14.0. The van der Waals surface area contributed by atoms with Crippen molar-refractivity contribution in [2.24, 2.45) is 0 Å². The molecule has 12 heavy (non-hydrogen) atoms. The summed E-state index contributed by atoms with van der Waals surface area (Å²) in [7, 11) is 0. The second-order valence-electron chi connectivity index (χ2n) is 2.00. The summed E-state index contributed by atoms with van der Waals surface area (Å²) in [5, 5.41) is 0. The summed E-state index contributed by atoms with van der Waals surface area (Å²) in [5.74, 6) is -0.417. The monoisotopic (exact) mass is 358 g/mol. The van der Waals surface area contributed by atoms with Gasteiger partial charge in [0.1, 0.15) is 5.82 Å². The Labute approximate surface area is 93.7 Å². The van der Waals surface area contributed by atoms with Crippen LogP contribution in [0.15, 0.2) is 19.5 Å². The van der Waals surface area contributed by atoms with Crippen molar-refractivity contribution >= 4 is 54.1 Å². The lowest BCUT2D eigenvalue weighted by Gasteiger charge is -2.03. The first-order valence-corrected chi connectivity index (χ1v) is 5.24. The van der Waals surface area contributed by atoms with Crippen LogP contribution < -0.4 is 0 Å². The van der Waals surface area contributed by atoms with E-state index in [1.54, 1.807) is 0 Å². The predicted molar refractivity (Wildman–Crippen MR) is 54.9 cm³/mol. The number of carbonyl (C=O) groups excluding carboxylic acids is 1. The first-order chi connectivity index (χ1) is 5.57. The van der Waals surface area contributed by atoms with Gasteiger partial charge in [-0.25, -0.2) is 4.39 Å². The summed E-state index contributed by atoms with van der Waals surface area (Å²) in [6, 6.07) is 1.23. The molecule has 0 saturated carbocycles. The van der Waals surface area contributed by atoms with Crippen LogP contribution in [0.2, 0.25) is 0 Å². The molecule has 0 aromatic heterocycles. The lowest BCUT2D eigenvalue weighted by Crippen LogP contribution is -1.89. The minimum atomic E-state index is -0.417. The van der Waals surface area contributed by atoms with Crippen molar-refractivity contribution in [1.82, 2.24) is 0 Å². The van der Waals surface area contributed by atoms with Crippen LogP contribution in [0.25, 0.3) is 0 Å². The highest BCUT2D eigenvalue weighted by molar-refractivity contribution is 9.13.